The molecule has 5 heteroatoms. The van der Waals surface area contributed by atoms with Gasteiger partial charge in [0.2, 0.25) is 0 Å². The predicted octanol–water partition coefficient (Wildman–Crippen LogP) is 2.31. The second kappa shape index (κ2) is 5.39. The van der Waals surface area contributed by atoms with Gasteiger partial charge in [-0.25, -0.2) is 0 Å². The van der Waals surface area contributed by atoms with Gasteiger partial charge in [0, 0.05) is 6.42 Å². The van der Waals surface area contributed by atoms with E-state index in [1.54, 1.807) is 18.2 Å². The van der Waals surface area contributed by atoms with E-state index in [1.807, 2.05) is 24.3 Å². The fourth-order valence-corrected chi connectivity index (χ4v) is 2.90. The van der Waals surface area contributed by atoms with Gasteiger partial charge >= 0.3 is 0 Å². The Kier molecular flexibility index (Phi) is 3.57. The molecule has 2 aromatic rings. The summed E-state index contributed by atoms with van der Waals surface area (Å²) in [7, 11) is 0. The molecular formula is C16H15ClN2O2. The maximum absolute atomic E-state index is 12.4. The SMILES string of the molecule is Nc1cccc(C(=O)N[C@H]2c3ccccc3C[C@H]2O)c1Cl. The number of halogens is 1. The lowest BCUT2D eigenvalue weighted by Crippen LogP contribution is -2.34. The monoisotopic (exact) mass is 302 g/mol. The highest BCUT2D eigenvalue weighted by molar-refractivity contribution is 6.36. The number of aliphatic hydroxyl groups is 1. The van der Waals surface area contributed by atoms with E-state index in [2.05, 4.69) is 5.32 Å². The molecule has 0 saturated carbocycles. The molecule has 0 aliphatic heterocycles. The maximum atomic E-state index is 12.4. The van der Waals surface area contributed by atoms with Gasteiger partial charge < -0.3 is 16.2 Å². The fraction of sp³-hybridized carbons (Fsp3) is 0.188. The van der Waals surface area contributed by atoms with Crippen LogP contribution in [0.3, 0.4) is 0 Å². The van der Waals surface area contributed by atoms with Crippen LogP contribution in [0, 0.1) is 0 Å². The molecule has 0 spiro atoms. The van der Waals surface area contributed by atoms with Crippen LogP contribution in [-0.4, -0.2) is 17.1 Å². The number of amides is 1. The Morgan fingerprint density at radius 2 is 2.00 bits per heavy atom. The van der Waals surface area contributed by atoms with Gasteiger partial charge in [0.15, 0.2) is 0 Å². The lowest BCUT2D eigenvalue weighted by molar-refractivity contribution is 0.0858. The van der Waals surface area contributed by atoms with Crippen molar-refractivity contribution in [3.8, 4) is 0 Å². The van der Waals surface area contributed by atoms with E-state index in [-0.39, 0.29) is 10.9 Å². The number of aliphatic hydroxyl groups excluding tert-OH is 1. The van der Waals surface area contributed by atoms with Gasteiger partial charge in [-0.3, -0.25) is 4.79 Å². The molecule has 2 atom stereocenters. The minimum Gasteiger partial charge on any atom is -0.398 e. The number of nitrogens with two attached hydrogens (primary N) is 1. The summed E-state index contributed by atoms with van der Waals surface area (Å²) in [5.74, 6) is -0.340. The second-order valence-corrected chi connectivity index (χ2v) is 5.51. The van der Waals surface area contributed by atoms with Crippen LogP contribution in [0.5, 0.6) is 0 Å². The summed E-state index contributed by atoms with van der Waals surface area (Å²) in [5, 5.41) is 13.2. The maximum Gasteiger partial charge on any atom is 0.253 e. The summed E-state index contributed by atoms with van der Waals surface area (Å²) in [6, 6.07) is 12.2. The Morgan fingerprint density at radius 1 is 1.24 bits per heavy atom. The number of rotatable bonds is 2. The van der Waals surface area contributed by atoms with Gasteiger partial charge in [0.05, 0.1) is 28.4 Å². The van der Waals surface area contributed by atoms with E-state index < -0.39 is 12.1 Å². The number of hydrogen-bond acceptors (Lipinski definition) is 3. The van der Waals surface area contributed by atoms with Crippen LogP contribution in [0.25, 0.3) is 0 Å². The molecule has 0 radical (unpaired) electrons. The van der Waals surface area contributed by atoms with Crippen molar-refractivity contribution in [3.05, 3.63) is 64.2 Å². The first kappa shape index (κ1) is 13.9. The zero-order chi connectivity index (χ0) is 15.0. The molecular weight excluding hydrogens is 288 g/mol. The molecule has 0 unspecified atom stereocenters. The minimum absolute atomic E-state index is 0.232. The van der Waals surface area contributed by atoms with E-state index in [1.165, 1.54) is 0 Å². The summed E-state index contributed by atoms with van der Waals surface area (Å²) in [5.41, 5.74) is 8.37. The Bertz CT molecular complexity index is 702. The summed E-state index contributed by atoms with van der Waals surface area (Å²) in [6.07, 6.45) is -0.0996. The molecule has 21 heavy (non-hydrogen) atoms. The number of anilines is 1. The Hall–Kier alpha value is -2.04. The average molecular weight is 303 g/mol. The molecule has 1 aliphatic carbocycles. The first-order chi connectivity index (χ1) is 10.1. The zero-order valence-electron chi connectivity index (χ0n) is 11.2. The molecule has 0 aromatic heterocycles. The molecule has 0 bridgehead atoms. The van der Waals surface area contributed by atoms with Crippen molar-refractivity contribution in [2.45, 2.75) is 18.6 Å². The van der Waals surface area contributed by atoms with E-state index in [9.17, 15) is 9.90 Å². The van der Waals surface area contributed by atoms with Gasteiger partial charge in [0.25, 0.3) is 5.91 Å². The van der Waals surface area contributed by atoms with Crippen molar-refractivity contribution in [1.29, 1.82) is 0 Å². The van der Waals surface area contributed by atoms with Gasteiger partial charge in [0.1, 0.15) is 0 Å². The summed E-state index contributed by atoms with van der Waals surface area (Å²) >= 11 is 6.06. The number of fused-ring (bicyclic) bond motifs is 1. The quantitative estimate of drug-likeness (QED) is 0.745. The van der Waals surface area contributed by atoms with Crippen LogP contribution in [0.15, 0.2) is 42.5 Å². The number of carbonyl (C=O) groups is 1. The largest absolute Gasteiger partial charge is 0.398 e. The molecule has 4 N–H and O–H groups in total. The number of nitrogen functional groups attached to an aromatic ring is 1. The summed E-state index contributed by atoms with van der Waals surface area (Å²) in [4.78, 5) is 12.4. The van der Waals surface area contributed by atoms with E-state index in [4.69, 9.17) is 17.3 Å². The number of carbonyl (C=O) groups excluding carboxylic acids is 1. The zero-order valence-corrected chi connectivity index (χ0v) is 12.0. The van der Waals surface area contributed by atoms with E-state index in [0.29, 0.717) is 17.7 Å². The van der Waals surface area contributed by atoms with Crippen molar-refractivity contribution >= 4 is 23.2 Å². The molecule has 108 valence electrons. The predicted molar refractivity (Wildman–Crippen MR) is 82.2 cm³/mol. The molecule has 2 aromatic carbocycles. The number of nitrogens with one attached hydrogen (secondary N) is 1. The smallest absolute Gasteiger partial charge is 0.253 e. The van der Waals surface area contributed by atoms with Crippen molar-refractivity contribution < 1.29 is 9.90 Å². The number of hydrogen-bond donors (Lipinski definition) is 3. The standard InChI is InChI=1S/C16H15ClN2O2/c17-14-11(6-3-7-12(14)18)16(21)19-15-10-5-2-1-4-9(10)8-13(15)20/h1-7,13,15,20H,8,18H2,(H,19,21)/t13-,15+/m1/s1. The van der Waals surface area contributed by atoms with Crippen LogP contribution in [0.4, 0.5) is 5.69 Å². The normalized spacial score (nSPS) is 20.1. The topological polar surface area (TPSA) is 75.4 Å². The van der Waals surface area contributed by atoms with Gasteiger partial charge in [-0.2, -0.15) is 0 Å². The molecule has 0 heterocycles. The third-order valence-corrected chi connectivity index (χ3v) is 4.19. The van der Waals surface area contributed by atoms with E-state index >= 15 is 0 Å². The molecule has 1 aliphatic rings. The molecule has 3 rings (SSSR count). The Labute approximate surface area is 127 Å². The van der Waals surface area contributed by atoms with E-state index in [0.717, 1.165) is 11.1 Å². The second-order valence-electron chi connectivity index (χ2n) is 5.13. The summed E-state index contributed by atoms with van der Waals surface area (Å²) in [6.45, 7) is 0. The molecule has 0 saturated heterocycles. The van der Waals surface area contributed by atoms with Gasteiger partial charge in [-0.05, 0) is 23.3 Å². The highest BCUT2D eigenvalue weighted by Gasteiger charge is 2.32. The lowest BCUT2D eigenvalue weighted by atomic mass is 10.1. The lowest BCUT2D eigenvalue weighted by Gasteiger charge is -2.18. The minimum atomic E-state index is -0.633. The van der Waals surface area contributed by atoms with Gasteiger partial charge in [-0.1, -0.05) is 41.9 Å². The van der Waals surface area contributed by atoms with Crippen molar-refractivity contribution in [2.75, 3.05) is 5.73 Å². The molecule has 1 amide bonds. The van der Waals surface area contributed by atoms with Crippen molar-refractivity contribution in [3.63, 3.8) is 0 Å². The molecule has 0 fully saturated rings. The number of benzene rings is 2. The average Bonchev–Trinajstić information content (AvgIpc) is 2.78. The van der Waals surface area contributed by atoms with Gasteiger partial charge in [-0.15, -0.1) is 0 Å². The van der Waals surface area contributed by atoms with Crippen molar-refractivity contribution in [1.82, 2.24) is 5.32 Å². The summed E-state index contributed by atoms with van der Waals surface area (Å²) < 4.78 is 0. The van der Waals surface area contributed by atoms with Crippen LogP contribution < -0.4 is 11.1 Å². The van der Waals surface area contributed by atoms with Crippen LogP contribution in [-0.2, 0) is 6.42 Å². The first-order valence-corrected chi connectivity index (χ1v) is 7.06. The van der Waals surface area contributed by atoms with Crippen molar-refractivity contribution in [2.24, 2.45) is 0 Å². The highest BCUT2D eigenvalue weighted by atomic mass is 35.5. The van der Waals surface area contributed by atoms with Crippen LogP contribution in [0.1, 0.15) is 27.5 Å². The van der Waals surface area contributed by atoms with Crippen LogP contribution in [0.2, 0.25) is 5.02 Å². The fourth-order valence-electron chi connectivity index (χ4n) is 2.69. The Morgan fingerprint density at radius 3 is 2.81 bits per heavy atom. The molecule has 4 nitrogen and oxygen atoms in total. The third kappa shape index (κ3) is 2.48. The first-order valence-electron chi connectivity index (χ1n) is 6.68. The third-order valence-electron chi connectivity index (χ3n) is 3.76. The Balaban J connectivity index is 1.87. The van der Waals surface area contributed by atoms with Crippen LogP contribution >= 0.6 is 11.6 Å². The highest BCUT2D eigenvalue weighted by Crippen LogP contribution is 2.32.